The lowest BCUT2D eigenvalue weighted by atomic mass is 10.1. The zero-order valence-corrected chi connectivity index (χ0v) is 11.3. The summed E-state index contributed by atoms with van der Waals surface area (Å²) >= 11 is 0. The van der Waals surface area contributed by atoms with Gasteiger partial charge >= 0.3 is 0 Å². The Kier molecular flexibility index (Phi) is 5.98. The van der Waals surface area contributed by atoms with Crippen LogP contribution in [-0.2, 0) is 4.79 Å². The number of nitrogens with one attached hydrogen (secondary N) is 1. The Bertz CT molecular complexity index is 393. The quantitative estimate of drug-likeness (QED) is 0.785. The van der Waals surface area contributed by atoms with E-state index in [1.165, 1.54) is 0 Å². The number of rotatable bonds is 6. The summed E-state index contributed by atoms with van der Waals surface area (Å²) in [6.45, 7) is 5.00. The first-order chi connectivity index (χ1) is 8.61. The normalized spacial score (nSPS) is 10.9. The van der Waals surface area contributed by atoms with E-state index in [2.05, 4.69) is 19.2 Å². The van der Waals surface area contributed by atoms with Gasteiger partial charge in [0.05, 0.1) is 7.11 Å². The zero-order chi connectivity index (χ0) is 13.4. The van der Waals surface area contributed by atoms with Gasteiger partial charge in [0.2, 0.25) is 5.91 Å². The summed E-state index contributed by atoms with van der Waals surface area (Å²) in [5, 5.41) is 2.86. The molecule has 98 valence electrons. The van der Waals surface area contributed by atoms with E-state index in [4.69, 9.17) is 4.74 Å². The molecule has 1 aromatic carbocycles. The number of carbonyl (C=O) groups excluding carboxylic acids is 1. The number of methoxy groups -OCH3 is 1. The molecular weight excluding hydrogens is 226 g/mol. The van der Waals surface area contributed by atoms with E-state index in [1.807, 2.05) is 24.3 Å². The van der Waals surface area contributed by atoms with Gasteiger partial charge in [-0.15, -0.1) is 0 Å². The molecule has 1 rings (SSSR count). The number of hydrogen-bond acceptors (Lipinski definition) is 2. The largest absolute Gasteiger partial charge is 0.497 e. The van der Waals surface area contributed by atoms with Gasteiger partial charge in [-0.25, -0.2) is 0 Å². The molecule has 18 heavy (non-hydrogen) atoms. The average molecular weight is 247 g/mol. The zero-order valence-electron chi connectivity index (χ0n) is 11.3. The molecule has 0 spiro atoms. The molecule has 0 aliphatic heterocycles. The van der Waals surface area contributed by atoms with Gasteiger partial charge < -0.3 is 10.1 Å². The van der Waals surface area contributed by atoms with Crippen molar-refractivity contribution >= 4 is 12.0 Å². The van der Waals surface area contributed by atoms with Crippen LogP contribution in [0.5, 0.6) is 5.75 Å². The molecule has 0 unspecified atom stereocenters. The summed E-state index contributed by atoms with van der Waals surface area (Å²) in [5.74, 6) is 1.37. The third-order valence-electron chi connectivity index (χ3n) is 2.56. The summed E-state index contributed by atoms with van der Waals surface area (Å²) in [4.78, 5) is 11.5. The monoisotopic (exact) mass is 247 g/mol. The van der Waals surface area contributed by atoms with Crippen molar-refractivity contribution in [1.82, 2.24) is 5.32 Å². The lowest BCUT2D eigenvalue weighted by molar-refractivity contribution is -0.116. The van der Waals surface area contributed by atoms with Crippen molar-refractivity contribution in [2.24, 2.45) is 5.92 Å². The molecule has 0 heterocycles. The van der Waals surface area contributed by atoms with E-state index in [0.29, 0.717) is 5.92 Å². The number of hydrogen-bond donors (Lipinski definition) is 1. The predicted octanol–water partition coefficient (Wildman–Crippen LogP) is 2.87. The molecule has 1 aromatic rings. The van der Waals surface area contributed by atoms with Crippen molar-refractivity contribution < 1.29 is 9.53 Å². The Labute approximate surface area is 109 Å². The van der Waals surface area contributed by atoms with Crippen LogP contribution < -0.4 is 10.1 Å². The second-order valence-corrected chi connectivity index (χ2v) is 4.58. The number of ether oxygens (including phenoxy) is 1. The van der Waals surface area contributed by atoms with E-state index in [0.717, 1.165) is 24.3 Å². The van der Waals surface area contributed by atoms with Crippen LogP contribution in [0.4, 0.5) is 0 Å². The number of amides is 1. The Morgan fingerprint density at radius 1 is 1.33 bits per heavy atom. The van der Waals surface area contributed by atoms with Gasteiger partial charge in [0, 0.05) is 12.6 Å². The van der Waals surface area contributed by atoms with Gasteiger partial charge in [-0.3, -0.25) is 4.79 Å². The molecule has 1 N–H and O–H groups in total. The highest BCUT2D eigenvalue weighted by atomic mass is 16.5. The fourth-order valence-electron chi connectivity index (χ4n) is 1.43. The molecule has 0 saturated heterocycles. The number of carbonyl (C=O) groups is 1. The van der Waals surface area contributed by atoms with Crippen molar-refractivity contribution in [3.8, 4) is 5.75 Å². The van der Waals surface area contributed by atoms with Crippen molar-refractivity contribution in [3.63, 3.8) is 0 Å². The van der Waals surface area contributed by atoms with Crippen molar-refractivity contribution in [3.05, 3.63) is 35.9 Å². The summed E-state index contributed by atoms with van der Waals surface area (Å²) in [5.41, 5.74) is 0.981. The van der Waals surface area contributed by atoms with Crippen LogP contribution in [0.3, 0.4) is 0 Å². The highest BCUT2D eigenvalue weighted by Gasteiger charge is 1.97. The minimum absolute atomic E-state index is 0.0496. The van der Waals surface area contributed by atoms with Gasteiger partial charge in [-0.05, 0) is 36.1 Å². The smallest absolute Gasteiger partial charge is 0.243 e. The standard InChI is InChI=1S/C15H21NO2/c1-12(2)10-11-16-15(17)9-6-13-4-7-14(18-3)8-5-13/h4-9,12H,10-11H2,1-3H3,(H,16,17). The van der Waals surface area contributed by atoms with E-state index >= 15 is 0 Å². The molecular formula is C15H21NO2. The van der Waals surface area contributed by atoms with Crippen LogP contribution >= 0.6 is 0 Å². The van der Waals surface area contributed by atoms with E-state index < -0.39 is 0 Å². The Morgan fingerprint density at radius 3 is 2.56 bits per heavy atom. The van der Waals surface area contributed by atoms with Crippen LogP contribution in [0, 0.1) is 5.92 Å². The molecule has 3 heteroatoms. The van der Waals surface area contributed by atoms with Crippen LogP contribution in [-0.4, -0.2) is 19.6 Å². The first-order valence-electron chi connectivity index (χ1n) is 6.22. The van der Waals surface area contributed by atoms with Gasteiger partial charge in [0.15, 0.2) is 0 Å². The molecule has 0 aromatic heterocycles. The Hall–Kier alpha value is -1.77. The maximum absolute atomic E-state index is 11.5. The van der Waals surface area contributed by atoms with Crippen molar-refractivity contribution in [2.75, 3.05) is 13.7 Å². The summed E-state index contributed by atoms with van der Waals surface area (Å²) in [6.07, 6.45) is 4.36. The molecule has 0 fully saturated rings. The third-order valence-corrected chi connectivity index (χ3v) is 2.56. The van der Waals surface area contributed by atoms with Gasteiger partial charge in [-0.1, -0.05) is 26.0 Å². The molecule has 0 radical (unpaired) electrons. The van der Waals surface area contributed by atoms with Crippen molar-refractivity contribution in [1.29, 1.82) is 0 Å². The highest BCUT2D eigenvalue weighted by molar-refractivity contribution is 5.91. The minimum Gasteiger partial charge on any atom is -0.497 e. The van der Waals surface area contributed by atoms with Gasteiger partial charge in [0.25, 0.3) is 0 Å². The summed E-state index contributed by atoms with van der Waals surface area (Å²) < 4.78 is 5.07. The summed E-state index contributed by atoms with van der Waals surface area (Å²) in [7, 11) is 1.63. The molecule has 0 aliphatic carbocycles. The topological polar surface area (TPSA) is 38.3 Å². The fraction of sp³-hybridized carbons (Fsp3) is 0.400. The molecule has 1 amide bonds. The molecule has 0 bridgehead atoms. The van der Waals surface area contributed by atoms with Gasteiger partial charge in [-0.2, -0.15) is 0 Å². The first kappa shape index (κ1) is 14.3. The Balaban J connectivity index is 2.40. The molecule has 0 aliphatic rings. The highest BCUT2D eigenvalue weighted by Crippen LogP contribution is 2.12. The molecule has 0 atom stereocenters. The second-order valence-electron chi connectivity index (χ2n) is 4.58. The third kappa shape index (κ3) is 5.53. The predicted molar refractivity (Wildman–Crippen MR) is 74.5 cm³/mol. The minimum atomic E-state index is -0.0496. The average Bonchev–Trinajstić information content (AvgIpc) is 2.36. The first-order valence-corrected chi connectivity index (χ1v) is 6.22. The SMILES string of the molecule is COc1ccc(C=CC(=O)NCCC(C)C)cc1. The molecule has 0 saturated carbocycles. The number of benzene rings is 1. The van der Waals surface area contributed by atoms with Gasteiger partial charge in [0.1, 0.15) is 5.75 Å². The van der Waals surface area contributed by atoms with Crippen LogP contribution in [0.15, 0.2) is 30.3 Å². The Morgan fingerprint density at radius 2 is 2.00 bits per heavy atom. The van der Waals surface area contributed by atoms with E-state index in [9.17, 15) is 4.79 Å². The van der Waals surface area contributed by atoms with E-state index in [1.54, 1.807) is 19.3 Å². The maximum atomic E-state index is 11.5. The lowest BCUT2D eigenvalue weighted by Crippen LogP contribution is -2.23. The summed E-state index contributed by atoms with van der Waals surface area (Å²) in [6, 6.07) is 7.57. The van der Waals surface area contributed by atoms with Crippen LogP contribution in [0.2, 0.25) is 0 Å². The lowest BCUT2D eigenvalue weighted by Gasteiger charge is -2.04. The fourth-order valence-corrected chi connectivity index (χ4v) is 1.43. The van der Waals surface area contributed by atoms with Crippen LogP contribution in [0.1, 0.15) is 25.8 Å². The van der Waals surface area contributed by atoms with Crippen molar-refractivity contribution in [2.45, 2.75) is 20.3 Å². The van der Waals surface area contributed by atoms with E-state index in [-0.39, 0.29) is 5.91 Å². The van der Waals surface area contributed by atoms with Crippen LogP contribution in [0.25, 0.3) is 6.08 Å². The second kappa shape index (κ2) is 7.54. The maximum Gasteiger partial charge on any atom is 0.243 e. The molecule has 3 nitrogen and oxygen atoms in total.